The van der Waals surface area contributed by atoms with Crippen molar-refractivity contribution in [1.82, 2.24) is 10.2 Å². The maximum Gasteiger partial charge on any atom is 0.329 e. The van der Waals surface area contributed by atoms with Gasteiger partial charge in [-0.3, -0.25) is 0 Å². The van der Waals surface area contributed by atoms with E-state index in [0.717, 1.165) is 4.90 Å². The van der Waals surface area contributed by atoms with E-state index in [1.807, 2.05) is 0 Å². The molecule has 0 heterocycles. The Morgan fingerprint density at radius 3 is 2.40 bits per heavy atom. The SMILES string of the molecule is CC#CCNC(=O)N(C)C(C)(C)C(=O)O. The van der Waals surface area contributed by atoms with Gasteiger partial charge in [-0.25, -0.2) is 9.59 Å². The predicted molar refractivity (Wildman–Crippen MR) is 56.3 cm³/mol. The lowest BCUT2D eigenvalue weighted by molar-refractivity contribution is -0.146. The van der Waals surface area contributed by atoms with Gasteiger partial charge in [0.25, 0.3) is 0 Å². The number of hydrogen-bond donors (Lipinski definition) is 2. The van der Waals surface area contributed by atoms with Crippen LogP contribution >= 0.6 is 0 Å². The Morgan fingerprint density at radius 1 is 1.47 bits per heavy atom. The first-order chi connectivity index (χ1) is 6.84. The molecule has 15 heavy (non-hydrogen) atoms. The molecule has 0 bridgehead atoms. The number of carbonyl (C=O) groups is 2. The molecule has 0 aliphatic carbocycles. The van der Waals surface area contributed by atoms with E-state index in [1.165, 1.54) is 20.9 Å². The van der Waals surface area contributed by atoms with E-state index in [0.29, 0.717) is 0 Å². The van der Waals surface area contributed by atoms with Gasteiger partial charge in [-0.2, -0.15) is 0 Å². The fraction of sp³-hybridized carbons (Fsp3) is 0.600. The summed E-state index contributed by atoms with van der Waals surface area (Å²) >= 11 is 0. The number of rotatable bonds is 3. The summed E-state index contributed by atoms with van der Waals surface area (Å²) in [7, 11) is 1.43. The average molecular weight is 212 g/mol. The van der Waals surface area contributed by atoms with Crippen molar-refractivity contribution in [2.24, 2.45) is 0 Å². The van der Waals surface area contributed by atoms with Gasteiger partial charge in [0.15, 0.2) is 0 Å². The minimum Gasteiger partial charge on any atom is -0.480 e. The Morgan fingerprint density at radius 2 is 2.00 bits per heavy atom. The summed E-state index contributed by atoms with van der Waals surface area (Å²) in [6.45, 7) is 4.80. The molecule has 0 aliphatic heterocycles. The van der Waals surface area contributed by atoms with Gasteiger partial charge in [0.2, 0.25) is 0 Å². The molecule has 0 unspecified atom stereocenters. The summed E-state index contributed by atoms with van der Waals surface area (Å²) in [4.78, 5) is 23.4. The second-order valence-corrected chi connectivity index (χ2v) is 3.51. The Kier molecular flexibility index (Phi) is 4.65. The summed E-state index contributed by atoms with van der Waals surface area (Å²) in [5.41, 5.74) is -1.23. The molecule has 2 amide bonds. The number of nitrogens with one attached hydrogen (secondary N) is 1. The number of carbonyl (C=O) groups excluding carboxylic acids is 1. The van der Waals surface area contributed by atoms with Crippen LogP contribution in [0.3, 0.4) is 0 Å². The van der Waals surface area contributed by atoms with Gasteiger partial charge >= 0.3 is 12.0 Å². The van der Waals surface area contributed by atoms with Crippen molar-refractivity contribution < 1.29 is 14.7 Å². The Bertz CT molecular complexity index is 312. The lowest BCUT2D eigenvalue weighted by atomic mass is 10.1. The average Bonchev–Trinajstić information content (AvgIpc) is 2.16. The number of hydrogen-bond acceptors (Lipinski definition) is 2. The van der Waals surface area contributed by atoms with E-state index < -0.39 is 17.5 Å². The molecule has 5 nitrogen and oxygen atoms in total. The third kappa shape index (κ3) is 3.50. The third-order valence-electron chi connectivity index (χ3n) is 2.17. The number of urea groups is 1. The molecular formula is C10H16N2O3. The molecule has 0 aromatic carbocycles. The summed E-state index contributed by atoms with van der Waals surface area (Å²) in [5, 5.41) is 11.4. The molecule has 0 rings (SSSR count). The van der Waals surface area contributed by atoms with Crippen molar-refractivity contribution in [3.8, 4) is 11.8 Å². The van der Waals surface area contributed by atoms with Crippen LogP contribution in [0.1, 0.15) is 20.8 Å². The van der Waals surface area contributed by atoms with Gasteiger partial charge in [0, 0.05) is 7.05 Å². The van der Waals surface area contributed by atoms with Crippen LogP contribution in [0.4, 0.5) is 4.79 Å². The number of carboxylic acid groups (broad SMARTS) is 1. The third-order valence-corrected chi connectivity index (χ3v) is 2.17. The van der Waals surface area contributed by atoms with Gasteiger partial charge in [0.05, 0.1) is 6.54 Å². The Hall–Kier alpha value is -1.70. The van der Waals surface area contributed by atoms with Crippen molar-refractivity contribution in [2.45, 2.75) is 26.3 Å². The quantitative estimate of drug-likeness (QED) is 0.670. The van der Waals surface area contributed by atoms with Gasteiger partial charge in [0.1, 0.15) is 5.54 Å². The number of nitrogens with zero attached hydrogens (tertiary/aromatic N) is 1. The van der Waals surface area contributed by atoms with Crippen LogP contribution in [0.5, 0.6) is 0 Å². The van der Waals surface area contributed by atoms with E-state index in [4.69, 9.17) is 5.11 Å². The fourth-order valence-electron chi connectivity index (χ4n) is 0.724. The topological polar surface area (TPSA) is 69.6 Å². The van der Waals surface area contributed by atoms with Gasteiger partial charge in [-0.05, 0) is 20.8 Å². The van der Waals surface area contributed by atoms with Crippen molar-refractivity contribution in [1.29, 1.82) is 0 Å². The zero-order valence-electron chi connectivity index (χ0n) is 9.42. The highest BCUT2D eigenvalue weighted by Crippen LogP contribution is 2.11. The summed E-state index contributed by atoms with van der Waals surface area (Å²) in [6, 6.07) is -0.454. The first-order valence-electron chi connectivity index (χ1n) is 4.48. The normalized spacial score (nSPS) is 9.87. The second-order valence-electron chi connectivity index (χ2n) is 3.51. The van der Waals surface area contributed by atoms with E-state index in [2.05, 4.69) is 17.2 Å². The van der Waals surface area contributed by atoms with Crippen LogP contribution in [-0.4, -0.2) is 41.1 Å². The fourth-order valence-corrected chi connectivity index (χ4v) is 0.724. The lowest BCUT2D eigenvalue weighted by Gasteiger charge is -2.31. The van der Waals surface area contributed by atoms with E-state index in [9.17, 15) is 9.59 Å². The molecular weight excluding hydrogens is 196 g/mol. The highest BCUT2D eigenvalue weighted by atomic mass is 16.4. The number of aliphatic carboxylic acids is 1. The van der Waals surface area contributed by atoms with E-state index in [1.54, 1.807) is 6.92 Å². The molecule has 0 atom stereocenters. The van der Waals surface area contributed by atoms with Crippen molar-refractivity contribution >= 4 is 12.0 Å². The minimum atomic E-state index is -1.23. The summed E-state index contributed by atoms with van der Waals surface area (Å²) in [6.07, 6.45) is 0. The highest BCUT2D eigenvalue weighted by Gasteiger charge is 2.34. The van der Waals surface area contributed by atoms with E-state index >= 15 is 0 Å². The highest BCUT2D eigenvalue weighted by molar-refractivity contribution is 5.85. The number of likely N-dealkylation sites (N-methyl/N-ethyl adjacent to an activating group) is 1. The zero-order chi connectivity index (χ0) is 12.1. The van der Waals surface area contributed by atoms with Crippen LogP contribution in [0.2, 0.25) is 0 Å². The lowest BCUT2D eigenvalue weighted by Crippen LogP contribution is -2.54. The van der Waals surface area contributed by atoms with Gasteiger partial charge in [-0.1, -0.05) is 5.92 Å². The molecule has 0 spiro atoms. The molecule has 0 aliphatic rings. The van der Waals surface area contributed by atoms with Crippen LogP contribution in [0.25, 0.3) is 0 Å². The van der Waals surface area contributed by atoms with Gasteiger partial charge in [-0.15, -0.1) is 5.92 Å². The molecule has 0 aromatic heterocycles. The van der Waals surface area contributed by atoms with Crippen molar-refractivity contribution in [3.63, 3.8) is 0 Å². The molecule has 0 saturated carbocycles. The summed E-state index contributed by atoms with van der Waals surface area (Å²) in [5.74, 6) is 4.23. The first-order valence-corrected chi connectivity index (χ1v) is 4.48. The number of amides is 2. The molecule has 2 N–H and O–H groups in total. The summed E-state index contributed by atoms with van der Waals surface area (Å²) < 4.78 is 0. The maximum atomic E-state index is 11.5. The number of carboxylic acids is 1. The Balaban J connectivity index is 4.42. The van der Waals surface area contributed by atoms with Crippen LogP contribution in [0, 0.1) is 11.8 Å². The van der Waals surface area contributed by atoms with Crippen LogP contribution in [-0.2, 0) is 4.79 Å². The molecule has 0 saturated heterocycles. The largest absolute Gasteiger partial charge is 0.480 e. The minimum absolute atomic E-state index is 0.218. The molecule has 84 valence electrons. The molecule has 0 fully saturated rings. The molecule has 5 heteroatoms. The monoisotopic (exact) mass is 212 g/mol. The smallest absolute Gasteiger partial charge is 0.329 e. The predicted octanol–water partition coefficient (Wildman–Crippen LogP) is 0.514. The molecule has 0 aromatic rings. The van der Waals surface area contributed by atoms with Crippen LogP contribution < -0.4 is 5.32 Å². The maximum absolute atomic E-state index is 11.5. The molecule has 0 radical (unpaired) electrons. The standard InChI is InChI=1S/C10H16N2O3/c1-5-6-7-11-9(15)12(4)10(2,3)8(13)14/h7H2,1-4H3,(H,11,15)(H,13,14). The van der Waals surface area contributed by atoms with Crippen LogP contribution in [0.15, 0.2) is 0 Å². The van der Waals surface area contributed by atoms with Crippen molar-refractivity contribution in [3.05, 3.63) is 0 Å². The zero-order valence-corrected chi connectivity index (χ0v) is 9.42. The van der Waals surface area contributed by atoms with E-state index in [-0.39, 0.29) is 6.54 Å². The second kappa shape index (κ2) is 5.25. The van der Waals surface area contributed by atoms with Gasteiger partial charge < -0.3 is 15.3 Å². The Labute approximate surface area is 89.4 Å². The van der Waals surface area contributed by atoms with Crippen molar-refractivity contribution in [2.75, 3.05) is 13.6 Å². The first kappa shape index (κ1) is 13.3.